The van der Waals surface area contributed by atoms with Gasteiger partial charge in [-0.25, -0.2) is 4.98 Å². The third-order valence-corrected chi connectivity index (χ3v) is 3.58. The number of anilines is 1. The number of nitrogens with one attached hydrogen (secondary N) is 1. The maximum absolute atomic E-state index is 12.0. The Morgan fingerprint density at radius 1 is 1.48 bits per heavy atom. The lowest BCUT2D eigenvalue weighted by molar-refractivity contribution is -0.384. The van der Waals surface area contributed by atoms with Crippen molar-refractivity contribution in [3.63, 3.8) is 0 Å². The normalized spacial score (nSPS) is 19.0. The Labute approximate surface area is 123 Å². The van der Waals surface area contributed by atoms with Crippen molar-refractivity contribution in [3.8, 4) is 0 Å². The molecule has 1 saturated heterocycles. The molecule has 2 heterocycles. The lowest BCUT2D eigenvalue weighted by atomic mass is 10.1. The molecule has 0 aliphatic carbocycles. The van der Waals surface area contributed by atoms with Crippen LogP contribution in [0, 0.1) is 17.0 Å². The largest absolute Gasteiger partial charge is 0.359 e. The highest BCUT2D eigenvalue weighted by molar-refractivity contribution is 5.81. The minimum atomic E-state index is -0.442. The van der Waals surface area contributed by atoms with Crippen LogP contribution in [0.25, 0.3) is 0 Å². The summed E-state index contributed by atoms with van der Waals surface area (Å²) in [4.78, 5) is 28.6. The van der Waals surface area contributed by atoms with Crippen molar-refractivity contribution in [2.45, 2.75) is 45.7 Å². The van der Waals surface area contributed by atoms with Gasteiger partial charge in [-0.15, -0.1) is 0 Å². The standard InChI is InChI=1S/C14H20N4O3/c1-9-5-6-15-13(12(9)18(20)21)16-10-7-11(19)17(8-10)14(2,3)4/h5-6,10H,7-8H2,1-4H3,(H,15,16). The molecule has 7 nitrogen and oxygen atoms in total. The van der Waals surface area contributed by atoms with Crippen molar-refractivity contribution < 1.29 is 9.72 Å². The first-order chi connectivity index (χ1) is 9.70. The van der Waals surface area contributed by atoms with E-state index < -0.39 is 4.92 Å². The highest BCUT2D eigenvalue weighted by Crippen LogP contribution is 2.29. The van der Waals surface area contributed by atoms with Crippen LogP contribution < -0.4 is 5.32 Å². The summed E-state index contributed by atoms with van der Waals surface area (Å²) in [6, 6.07) is 1.44. The second-order valence-electron chi connectivity index (χ2n) is 6.30. The summed E-state index contributed by atoms with van der Waals surface area (Å²) in [5, 5.41) is 14.2. The van der Waals surface area contributed by atoms with Crippen molar-refractivity contribution in [2.24, 2.45) is 0 Å². The molecule has 1 amide bonds. The van der Waals surface area contributed by atoms with E-state index >= 15 is 0 Å². The third kappa shape index (κ3) is 3.12. The van der Waals surface area contributed by atoms with Crippen LogP contribution in [0.4, 0.5) is 11.5 Å². The number of rotatable bonds is 3. The molecule has 0 radical (unpaired) electrons. The van der Waals surface area contributed by atoms with Crippen molar-refractivity contribution in [1.29, 1.82) is 0 Å². The number of hydrogen-bond acceptors (Lipinski definition) is 5. The summed E-state index contributed by atoms with van der Waals surface area (Å²) in [5.74, 6) is 0.281. The lowest BCUT2D eigenvalue weighted by Crippen LogP contribution is -2.43. The molecular weight excluding hydrogens is 272 g/mol. The summed E-state index contributed by atoms with van der Waals surface area (Å²) in [6.07, 6.45) is 1.85. The predicted octanol–water partition coefficient (Wildman–Crippen LogP) is 2.11. The Balaban J connectivity index is 2.20. The summed E-state index contributed by atoms with van der Waals surface area (Å²) >= 11 is 0. The average Bonchev–Trinajstić information content (AvgIpc) is 2.69. The molecule has 1 aliphatic rings. The summed E-state index contributed by atoms with van der Waals surface area (Å²) in [5.41, 5.74) is 0.271. The minimum Gasteiger partial charge on any atom is -0.359 e. The number of likely N-dealkylation sites (tertiary alicyclic amines) is 1. The van der Waals surface area contributed by atoms with Gasteiger partial charge < -0.3 is 10.2 Å². The van der Waals surface area contributed by atoms with Gasteiger partial charge in [-0.05, 0) is 33.8 Å². The van der Waals surface area contributed by atoms with E-state index in [-0.39, 0.29) is 29.0 Å². The fourth-order valence-electron chi connectivity index (χ4n) is 2.53. The number of aryl methyl sites for hydroxylation is 1. The van der Waals surface area contributed by atoms with Gasteiger partial charge in [0.15, 0.2) is 0 Å². The Kier molecular flexibility index (Phi) is 3.85. The Morgan fingerprint density at radius 2 is 2.14 bits per heavy atom. The Morgan fingerprint density at radius 3 is 2.67 bits per heavy atom. The maximum Gasteiger partial charge on any atom is 0.314 e. The van der Waals surface area contributed by atoms with E-state index in [0.717, 1.165) is 0 Å². The topological polar surface area (TPSA) is 88.4 Å². The summed E-state index contributed by atoms with van der Waals surface area (Å²) in [6.45, 7) is 8.11. The highest BCUT2D eigenvalue weighted by Gasteiger charge is 2.37. The smallest absolute Gasteiger partial charge is 0.314 e. The maximum atomic E-state index is 12.0. The molecule has 1 aromatic heterocycles. The van der Waals surface area contributed by atoms with Gasteiger partial charge in [0.05, 0.1) is 11.0 Å². The van der Waals surface area contributed by atoms with Crippen LogP contribution in [0.15, 0.2) is 12.3 Å². The fraction of sp³-hybridized carbons (Fsp3) is 0.571. The van der Waals surface area contributed by atoms with Gasteiger partial charge in [-0.3, -0.25) is 14.9 Å². The van der Waals surface area contributed by atoms with E-state index in [9.17, 15) is 14.9 Å². The quantitative estimate of drug-likeness (QED) is 0.681. The van der Waals surface area contributed by atoms with Crippen molar-refractivity contribution in [3.05, 3.63) is 27.9 Å². The van der Waals surface area contributed by atoms with Crippen LogP contribution >= 0.6 is 0 Å². The van der Waals surface area contributed by atoms with Crippen LogP contribution in [0.3, 0.4) is 0 Å². The molecule has 1 aromatic rings. The van der Waals surface area contributed by atoms with Crippen LogP contribution in [0.5, 0.6) is 0 Å². The Hall–Kier alpha value is -2.18. The van der Waals surface area contributed by atoms with E-state index in [1.807, 2.05) is 20.8 Å². The van der Waals surface area contributed by atoms with Crippen molar-refractivity contribution in [1.82, 2.24) is 9.88 Å². The lowest BCUT2D eigenvalue weighted by Gasteiger charge is -2.32. The molecule has 1 fully saturated rings. The van der Waals surface area contributed by atoms with E-state index in [2.05, 4.69) is 10.3 Å². The number of pyridine rings is 1. The molecule has 114 valence electrons. The summed E-state index contributed by atoms with van der Waals surface area (Å²) in [7, 11) is 0. The van der Waals surface area contributed by atoms with Gasteiger partial charge in [0.1, 0.15) is 0 Å². The molecule has 1 aliphatic heterocycles. The third-order valence-electron chi connectivity index (χ3n) is 3.58. The fourth-order valence-corrected chi connectivity index (χ4v) is 2.53. The van der Waals surface area contributed by atoms with Crippen molar-refractivity contribution in [2.75, 3.05) is 11.9 Å². The van der Waals surface area contributed by atoms with E-state index in [4.69, 9.17) is 0 Å². The van der Waals surface area contributed by atoms with Gasteiger partial charge in [0.2, 0.25) is 11.7 Å². The van der Waals surface area contributed by atoms with Gasteiger partial charge >= 0.3 is 5.69 Å². The zero-order valence-electron chi connectivity index (χ0n) is 12.7. The monoisotopic (exact) mass is 292 g/mol. The molecule has 0 spiro atoms. The van der Waals surface area contributed by atoms with Gasteiger partial charge in [-0.2, -0.15) is 0 Å². The first-order valence-corrected chi connectivity index (χ1v) is 6.87. The molecule has 0 aromatic carbocycles. The van der Waals surface area contributed by atoms with Crippen LogP contribution in [-0.2, 0) is 4.79 Å². The molecule has 0 saturated carbocycles. The molecular formula is C14H20N4O3. The number of nitro groups is 1. The average molecular weight is 292 g/mol. The molecule has 7 heteroatoms. The number of carbonyl (C=O) groups excluding carboxylic acids is 1. The molecule has 1 N–H and O–H groups in total. The first-order valence-electron chi connectivity index (χ1n) is 6.87. The number of hydrogen-bond donors (Lipinski definition) is 1. The molecule has 1 atom stereocenters. The number of aromatic nitrogens is 1. The van der Waals surface area contributed by atoms with Gasteiger partial charge in [-0.1, -0.05) is 0 Å². The first kappa shape index (κ1) is 15.2. The van der Waals surface area contributed by atoms with Gasteiger partial charge in [0, 0.05) is 30.3 Å². The number of carbonyl (C=O) groups is 1. The van der Waals surface area contributed by atoms with E-state index in [0.29, 0.717) is 18.5 Å². The zero-order chi connectivity index (χ0) is 15.8. The molecule has 0 bridgehead atoms. The summed E-state index contributed by atoms with van der Waals surface area (Å²) < 4.78 is 0. The SMILES string of the molecule is Cc1ccnc(NC2CC(=O)N(C(C)(C)C)C2)c1[N+](=O)[O-]. The number of amides is 1. The minimum absolute atomic E-state index is 0.0286. The number of nitrogens with zero attached hydrogens (tertiary/aromatic N) is 3. The van der Waals surface area contributed by atoms with Crippen molar-refractivity contribution >= 4 is 17.4 Å². The zero-order valence-corrected chi connectivity index (χ0v) is 12.7. The predicted molar refractivity (Wildman–Crippen MR) is 79.1 cm³/mol. The van der Waals surface area contributed by atoms with Crippen LogP contribution in [0.1, 0.15) is 32.8 Å². The highest BCUT2D eigenvalue weighted by atomic mass is 16.6. The second-order valence-corrected chi connectivity index (χ2v) is 6.30. The molecule has 2 rings (SSSR count). The molecule has 1 unspecified atom stereocenters. The molecule has 21 heavy (non-hydrogen) atoms. The Bertz CT molecular complexity index is 580. The van der Waals surface area contributed by atoms with Crippen LogP contribution in [0.2, 0.25) is 0 Å². The van der Waals surface area contributed by atoms with E-state index in [1.165, 1.54) is 6.20 Å². The van der Waals surface area contributed by atoms with E-state index in [1.54, 1.807) is 17.9 Å². The van der Waals surface area contributed by atoms with Gasteiger partial charge in [0.25, 0.3) is 0 Å². The van der Waals surface area contributed by atoms with Crippen LogP contribution in [-0.4, -0.2) is 38.8 Å². The second kappa shape index (κ2) is 5.31.